The molecule has 0 radical (unpaired) electrons. The minimum atomic E-state index is -0.793. The van der Waals surface area contributed by atoms with E-state index in [1.807, 2.05) is 31.2 Å². The lowest BCUT2D eigenvalue weighted by Gasteiger charge is -2.29. The maximum absolute atomic E-state index is 12.3. The van der Waals surface area contributed by atoms with Gasteiger partial charge in [-0.25, -0.2) is 0 Å². The lowest BCUT2D eigenvalue weighted by atomic mass is 9.83. The highest BCUT2D eigenvalue weighted by Gasteiger charge is 2.37. The van der Waals surface area contributed by atoms with Crippen LogP contribution in [-0.4, -0.2) is 31.6 Å². The van der Waals surface area contributed by atoms with Crippen LogP contribution in [0.1, 0.15) is 26.3 Å². The summed E-state index contributed by atoms with van der Waals surface area (Å²) in [6, 6.07) is 7.88. The minimum absolute atomic E-state index is 0.0299. The number of halogens is 2. The fourth-order valence-electron chi connectivity index (χ4n) is 1.89. The standard InChI is InChI=1S/C16H22BrIO3/c1-15(2,9-17)10-21-11-16(3,14(19)20-4)12-6-5-7-13(18)8-12/h5-8H,9-11H2,1-4H3. The van der Waals surface area contributed by atoms with E-state index < -0.39 is 5.41 Å². The Morgan fingerprint density at radius 2 is 1.95 bits per heavy atom. The van der Waals surface area contributed by atoms with Crippen molar-refractivity contribution in [3.8, 4) is 0 Å². The number of esters is 1. The second-order valence-corrected chi connectivity index (χ2v) is 7.93. The summed E-state index contributed by atoms with van der Waals surface area (Å²) in [7, 11) is 1.41. The van der Waals surface area contributed by atoms with Crippen molar-refractivity contribution in [3.63, 3.8) is 0 Å². The third-order valence-corrected chi connectivity index (χ3v) is 5.53. The van der Waals surface area contributed by atoms with Gasteiger partial charge in [0.2, 0.25) is 0 Å². The molecule has 0 heterocycles. The van der Waals surface area contributed by atoms with Crippen molar-refractivity contribution < 1.29 is 14.3 Å². The van der Waals surface area contributed by atoms with Gasteiger partial charge in [-0.3, -0.25) is 4.79 Å². The molecule has 0 spiro atoms. The maximum Gasteiger partial charge on any atom is 0.318 e. The van der Waals surface area contributed by atoms with Crippen LogP contribution in [0.3, 0.4) is 0 Å². The summed E-state index contributed by atoms with van der Waals surface area (Å²) >= 11 is 5.71. The van der Waals surface area contributed by atoms with Crippen LogP contribution in [0.5, 0.6) is 0 Å². The van der Waals surface area contributed by atoms with Gasteiger partial charge in [-0.1, -0.05) is 41.9 Å². The first-order valence-electron chi connectivity index (χ1n) is 6.73. The summed E-state index contributed by atoms with van der Waals surface area (Å²) in [4.78, 5) is 12.3. The Morgan fingerprint density at radius 1 is 1.29 bits per heavy atom. The average molecular weight is 469 g/mol. The molecule has 1 rings (SSSR count). The number of carbonyl (C=O) groups is 1. The predicted octanol–water partition coefficient (Wildman–Crippen LogP) is 4.16. The number of methoxy groups -OCH3 is 1. The van der Waals surface area contributed by atoms with Crippen LogP contribution in [0.15, 0.2) is 24.3 Å². The highest BCUT2D eigenvalue weighted by molar-refractivity contribution is 14.1. The highest BCUT2D eigenvalue weighted by Crippen LogP contribution is 2.28. The molecule has 0 N–H and O–H groups in total. The van der Waals surface area contributed by atoms with Crippen LogP contribution in [0.4, 0.5) is 0 Å². The molecule has 1 aromatic carbocycles. The van der Waals surface area contributed by atoms with Gasteiger partial charge in [0, 0.05) is 8.90 Å². The number of benzene rings is 1. The van der Waals surface area contributed by atoms with Crippen LogP contribution in [0, 0.1) is 8.99 Å². The van der Waals surface area contributed by atoms with Gasteiger partial charge in [-0.2, -0.15) is 0 Å². The molecule has 1 atom stereocenters. The van der Waals surface area contributed by atoms with E-state index in [0.717, 1.165) is 14.5 Å². The molecule has 0 amide bonds. The molecule has 0 saturated carbocycles. The summed E-state index contributed by atoms with van der Waals surface area (Å²) in [6.45, 7) is 6.97. The molecular weight excluding hydrogens is 447 g/mol. The normalized spacial score (nSPS) is 14.6. The third-order valence-electron chi connectivity index (χ3n) is 3.34. The Balaban J connectivity index is 2.92. The molecule has 0 aliphatic carbocycles. The summed E-state index contributed by atoms with van der Waals surface area (Å²) in [5, 5.41) is 0.845. The number of carbonyl (C=O) groups excluding carboxylic acids is 1. The summed E-state index contributed by atoms with van der Waals surface area (Å²) < 4.78 is 11.9. The summed E-state index contributed by atoms with van der Waals surface area (Å²) in [5.41, 5.74) is 0.151. The number of hydrogen-bond donors (Lipinski definition) is 0. The molecule has 0 bridgehead atoms. The second-order valence-electron chi connectivity index (χ2n) is 6.12. The van der Waals surface area contributed by atoms with Gasteiger partial charge in [-0.15, -0.1) is 0 Å². The predicted molar refractivity (Wildman–Crippen MR) is 96.9 cm³/mol. The van der Waals surface area contributed by atoms with Crippen molar-refractivity contribution in [2.24, 2.45) is 5.41 Å². The fraction of sp³-hybridized carbons (Fsp3) is 0.562. The van der Waals surface area contributed by atoms with Crippen molar-refractivity contribution in [2.45, 2.75) is 26.2 Å². The topological polar surface area (TPSA) is 35.5 Å². The zero-order valence-corrected chi connectivity index (χ0v) is 16.7. The quantitative estimate of drug-likeness (QED) is 0.342. The number of rotatable bonds is 7. The van der Waals surface area contributed by atoms with Crippen LogP contribution in [0.2, 0.25) is 0 Å². The highest BCUT2D eigenvalue weighted by atomic mass is 127. The zero-order chi connectivity index (χ0) is 16.1. The van der Waals surface area contributed by atoms with Crippen LogP contribution in [0.25, 0.3) is 0 Å². The Hall–Kier alpha value is -0.140. The molecule has 118 valence electrons. The van der Waals surface area contributed by atoms with Gasteiger partial charge >= 0.3 is 5.97 Å². The number of ether oxygens (including phenoxy) is 2. The Labute approximate surface area is 149 Å². The first-order valence-corrected chi connectivity index (χ1v) is 8.93. The van der Waals surface area contributed by atoms with Gasteiger partial charge in [0.15, 0.2) is 0 Å². The average Bonchev–Trinajstić information content (AvgIpc) is 2.46. The molecule has 0 aromatic heterocycles. The lowest BCUT2D eigenvalue weighted by Crippen LogP contribution is -2.39. The first kappa shape index (κ1) is 18.9. The van der Waals surface area contributed by atoms with E-state index in [1.165, 1.54) is 7.11 Å². The van der Waals surface area contributed by atoms with Crippen molar-refractivity contribution in [1.29, 1.82) is 0 Å². The molecule has 0 fully saturated rings. The smallest absolute Gasteiger partial charge is 0.318 e. The van der Waals surface area contributed by atoms with Gasteiger partial charge in [0.1, 0.15) is 5.41 Å². The largest absolute Gasteiger partial charge is 0.468 e. The fourth-order valence-corrected chi connectivity index (χ4v) is 2.59. The van der Waals surface area contributed by atoms with E-state index in [4.69, 9.17) is 9.47 Å². The first-order chi connectivity index (χ1) is 9.75. The maximum atomic E-state index is 12.3. The van der Waals surface area contributed by atoms with E-state index in [0.29, 0.717) is 13.2 Å². The molecule has 0 aliphatic rings. The van der Waals surface area contributed by atoms with E-state index in [2.05, 4.69) is 52.4 Å². The molecule has 21 heavy (non-hydrogen) atoms. The molecule has 1 unspecified atom stereocenters. The number of hydrogen-bond acceptors (Lipinski definition) is 3. The monoisotopic (exact) mass is 468 g/mol. The van der Waals surface area contributed by atoms with Gasteiger partial charge in [0.05, 0.1) is 20.3 Å². The Morgan fingerprint density at radius 3 is 2.48 bits per heavy atom. The van der Waals surface area contributed by atoms with Crippen LogP contribution >= 0.6 is 38.5 Å². The number of alkyl halides is 1. The Kier molecular flexibility index (Phi) is 7.13. The Bertz CT molecular complexity index is 490. The molecule has 5 heteroatoms. The van der Waals surface area contributed by atoms with Gasteiger partial charge in [0.25, 0.3) is 0 Å². The van der Waals surface area contributed by atoms with Gasteiger partial charge < -0.3 is 9.47 Å². The second kappa shape index (κ2) is 7.92. The SMILES string of the molecule is COC(=O)C(C)(COCC(C)(C)CBr)c1cccc(I)c1. The molecular formula is C16H22BrIO3. The lowest BCUT2D eigenvalue weighted by molar-refractivity contribution is -0.150. The van der Waals surface area contributed by atoms with E-state index >= 15 is 0 Å². The van der Waals surface area contributed by atoms with Crippen LogP contribution < -0.4 is 0 Å². The molecule has 1 aromatic rings. The van der Waals surface area contributed by atoms with Crippen molar-refractivity contribution in [1.82, 2.24) is 0 Å². The van der Waals surface area contributed by atoms with E-state index in [-0.39, 0.29) is 11.4 Å². The van der Waals surface area contributed by atoms with E-state index in [1.54, 1.807) is 0 Å². The van der Waals surface area contributed by atoms with Crippen molar-refractivity contribution >= 4 is 44.5 Å². The third kappa shape index (κ3) is 5.21. The molecule has 0 aliphatic heterocycles. The van der Waals surface area contributed by atoms with Crippen molar-refractivity contribution in [2.75, 3.05) is 25.7 Å². The summed E-state index contributed by atoms with van der Waals surface area (Å²) in [6.07, 6.45) is 0. The van der Waals surface area contributed by atoms with E-state index in [9.17, 15) is 4.79 Å². The summed E-state index contributed by atoms with van der Waals surface area (Å²) in [5.74, 6) is -0.277. The molecule has 0 saturated heterocycles. The van der Waals surface area contributed by atoms with Crippen molar-refractivity contribution in [3.05, 3.63) is 33.4 Å². The zero-order valence-electron chi connectivity index (χ0n) is 12.9. The minimum Gasteiger partial charge on any atom is -0.468 e. The molecule has 3 nitrogen and oxygen atoms in total. The van der Waals surface area contributed by atoms with Crippen LogP contribution in [-0.2, 0) is 19.7 Å². The van der Waals surface area contributed by atoms with Gasteiger partial charge in [-0.05, 0) is 52.6 Å².